The Morgan fingerprint density at radius 1 is 1.50 bits per heavy atom. The third-order valence-corrected chi connectivity index (χ3v) is 4.16. The van der Waals surface area contributed by atoms with Gasteiger partial charge in [0.2, 0.25) is 0 Å². The van der Waals surface area contributed by atoms with E-state index in [1.807, 2.05) is 12.4 Å². The minimum absolute atomic E-state index is 0.0141. The number of aliphatic carboxylic acids is 1. The summed E-state index contributed by atoms with van der Waals surface area (Å²) < 4.78 is 0. The van der Waals surface area contributed by atoms with Crippen LogP contribution in [0, 0.1) is 0 Å². The smallest absolute Gasteiger partial charge is 0.328 e. The summed E-state index contributed by atoms with van der Waals surface area (Å²) in [6.07, 6.45) is 5.84. The molecule has 1 saturated carbocycles. The van der Waals surface area contributed by atoms with E-state index < -0.39 is 5.97 Å². The number of rotatable bonds is 4. The molecule has 0 aliphatic heterocycles. The first-order valence-electron chi connectivity index (χ1n) is 5.85. The number of nitrogens with zero attached hydrogens (tertiary/aromatic N) is 1. The Labute approximate surface area is 110 Å². The second kappa shape index (κ2) is 5.35. The van der Waals surface area contributed by atoms with E-state index in [0.717, 1.165) is 18.9 Å². The monoisotopic (exact) mass is 265 g/mol. The van der Waals surface area contributed by atoms with Gasteiger partial charge in [-0.2, -0.15) is 0 Å². The lowest BCUT2D eigenvalue weighted by Gasteiger charge is -2.34. The van der Waals surface area contributed by atoms with Gasteiger partial charge in [0.25, 0.3) is 5.91 Å². The molecule has 1 aliphatic rings. The van der Waals surface area contributed by atoms with Crippen LogP contribution in [0.25, 0.3) is 6.08 Å². The molecule has 1 N–H and O–H groups in total. The Kier molecular flexibility index (Phi) is 3.81. The molecule has 0 atom stereocenters. The number of carbonyl (C=O) groups is 2. The molecule has 0 bridgehead atoms. The van der Waals surface area contributed by atoms with Gasteiger partial charge < -0.3 is 10.0 Å². The van der Waals surface area contributed by atoms with Gasteiger partial charge in [-0.05, 0) is 42.3 Å². The molecule has 5 heteroatoms. The van der Waals surface area contributed by atoms with Gasteiger partial charge in [-0.25, -0.2) is 4.79 Å². The molecule has 2 rings (SSSR count). The van der Waals surface area contributed by atoms with Crippen LogP contribution in [0.2, 0.25) is 0 Å². The van der Waals surface area contributed by atoms with Crippen LogP contribution in [0.15, 0.2) is 17.5 Å². The van der Waals surface area contributed by atoms with E-state index in [0.29, 0.717) is 16.5 Å². The van der Waals surface area contributed by atoms with Gasteiger partial charge in [0, 0.05) is 19.2 Å². The van der Waals surface area contributed by atoms with E-state index in [1.54, 1.807) is 11.0 Å². The number of carboxylic acids is 1. The van der Waals surface area contributed by atoms with Crippen LogP contribution in [0.4, 0.5) is 0 Å². The van der Waals surface area contributed by atoms with Gasteiger partial charge in [-0.1, -0.05) is 0 Å². The average Bonchev–Trinajstić information content (AvgIpc) is 2.70. The molecule has 4 nitrogen and oxygen atoms in total. The second-order valence-corrected chi connectivity index (χ2v) is 5.29. The summed E-state index contributed by atoms with van der Waals surface area (Å²) >= 11 is 1.35. The predicted octanol–water partition coefficient (Wildman–Crippen LogP) is 2.47. The fourth-order valence-corrected chi connectivity index (χ4v) is 2.75. The number of amides is 1. The fraction of sp³-hybridized carbons (Fsp3) is 0.385. The topological polar surface area (TPSA) is 57.6 Å². The molecular weight excluding hydrogens is 250 g/mol. The Balaban J connectivity index is 2.15. The maximum Gasteiger partial charge on any atom is 0.328 e. The molecule has 1 aromatic heterocycles. The average molecular weight is 265 g/mol. The summed E-state index contributed by atoms with van der Waals surface area (Å²) in [5, 5.41) is 10.4. The van der Waals surface area contributed by atoms with Gasteiger partial charge in [-0.3, -0.25) is 4.79 Å². The molecular formula is C13H15NO3S. The lowest BCUT2D eigenvalue weighted by Crippen LogP contribution is -2.41. The number of thiophene rings is 1. The first-order valence-corrected chi connectivity index (χ1v) is 6.73. The van der Waals surface area contributed by atoms with Gasteiger partial charge >= 0.3 is 5.97 Å². The Bertz CT molecular complexity index is 488. The van der Waals surface area contributed by atoms with Gasteiger partial charge in [0.1, 0.15) is 0 Å². The molecule has 0 saturated heterocycles. The highest BCUT2D eigenvalue weighted by Crippen LogP contribution is 2.27. The van der Waals surface area contributed by atoms with Gasteiger partial charge in [0.15, 0.2) is 0 Å². The van der Waals surface area contributed by atoms with Crippen molar-refractivity contribution in [2.45, 2.75) is 25.3 Å². The first kappa shape index (κ1) is 12.8. The highest BCUT2D eigenvalue weighted by Gasteiger charge is 2.27. The van der Waals surface area contributed by atoms with E-state index >= 15 is 0 Å². The molecule has 1 aliphatic carbocycles. The quantitative estimate of drug-likeness (QED) is 0.851. The third-order valence-electron chi connectivity index (χ3n) is 3.24. The van der Waals surface area contributed by atoms with Gasteiger partial charge in [-0.15, -0.1) is 11.3 Å². The minimum Gasteiger partial charge on any atom is -0.478 e. The molecule has 0 spiro atoms. The van der Waals surface area contributed by atoms with Crippen LogP contribution in [0.1, 0.15) is 34.5 Å². The summed E-state index contributed by atoms with van der Waals surface area (Å²) in [5.41, 5.74) is 0.679. The Hall–Kier alpha value is -1.62. The van der Waals surface area contributed by atoms with Crippen molar-refractivity contribution < 1.29 is 14.7 Å². The minimum atomic E-state index is -1.01. The van der Waals surface area contributed by atoms with Crippen molar-refractivity contribution in [3.05, 3.63) is 28.0 Å². The van der Waals surface area contributed by atoms with Crippen LogP contribution in [-0.4, -0.2) is 35.0 Å². The summed E-state index contributed by atoms with van der Waals surface area (Å²) in [4.78, 5) is 25.1. The number of hydrogen-bond acceptors (Lipinski definition) is 3. The third kappa shape index (κ3) is 2.61. The lowest BCUT2D eigenvalue weighted by molar-refractivity contribution is -0.131. The van der Waals surface area contributed by atoms with Crippen molar-refractivity contribution in [2.24, 2.45) is 0 Å². The van der Waals surface area contributed by atoms with Crippen molar-refractivity contribution in [2.75, 3.05) is 7.05 Å². The fourth-order valence-electron chi connectivity index (χ4n) is 1.89. The summed E-state index contributed by atoms with van der Waals surface area (Å²) in [6.45, 7) is 0. The molecule has 1 aromatic rings. The number of hydrogen-bond donors (Lipinski definition) is 1. The number of carboxylic acid groups (broad SMARTS) is 1. The summed E-state index contributed by atoms with van der Waals surface area (Å²) in [7, 11) is 1.82. The molecule has 1 fully saturated rings. The predicted molar refractivity (Wildman–Crippen MR) is 70.7 cm³/mol. The summed E-state index contributed by atoms with van der Waals surface area (Å²) in [6, 6.07) is 2.11. The van der Waals surface area contributed by atoms with Crippen molar-refractivity contribution >= 4 is 29.3 Å². The molecule has 0 radical (unpaired) electrons. The standard InChI is InChI=1S/C13H15NO3S/c1-14(10-3-2-4-10)13(17)12-9(7-8-18-12)5-6-11(15)16/h5-8,10H,2-4H2,1H3,(H,15,16)/b6-5+. The van der Waals surface area contributed by atoms with Crippen LogP contribution >= 0.6 is 11.3 Å². The largest absolute Gasteiger partial charge is 0.478 e. The zero-order chi connectivity index (χ0) is 13.1. The van der Waals surface area contributed by atoms with E-state index in [1.165, 1.54) is 23.8 Å². The molecule has 18 heavy (non-hydrogen) atoms. The first-order chi connectivity index (χ1) is 8.59. The molecule has 1 heterocycles. The zero-order valence-electron chi connectivity index (χ0n) is 10.1. The van der Waals surface area contributed by atoms with E-state index in [4.69, 9.17) is 5.11 Å². The normalized spacial score (nSPS) is 15.6. The van der Waals surface area contributed by atoms with Crippen molar-refractivity contribution in [1.29, 1.82) is 0 Å². The zero-order valence-corrected chi connectivity index (χ0v) is 10.9. The van der Waals surface area contributed by atoms with E-state index in [-0.39, 0.29) is 5.91 Å². The van der Waals surface area contributed by atoms with Crippen LogP contribution in [0.3, 0.4) is 0 Å². The second-order valence-electron chi connectivity index (χ2n) is 4.38. The maximum atomic E-state index is 12.3. The molecule has 1 amide bonds. The molecule has 0 unspecified atom stereocenters. The van der Waals surface area contributed by atoms with Crippen LogP contribution in [-0.2, 0) is 4.79 Å². The van der Waals surface area contributed by atoms with Crippen molar-refractivity contribution in [3.8, 4) is 0 Å². The lowest BCUT2D eigenvalue weighted by atomic mass is 9.92. The number of carbonyl (C=O) groups excluding carboxylic acids is 1. The van der Waals surface area contributed by atoms with E-state index in [9.17, 15) is 9.59 Å². The van der Waals surface area contributed by atoms with Crippen molar-refractivity contribution in [3.63, 3.8) is 0 Å². The summed E-state index contributed by atoms with van der Waals surface area (Å²) in [5.74, 6) is -1.02. The van der Waals surface area contributed by atoms with Crippen molar-refractivity contribution in [1.82, 2.24) is 4.90 Å². The highest BCUT2D eigenvalue weighted by molar-refractivity contribution is 7.12. The molecule has 0 aromatic carbocycles. The maximum absolute atomic E-state index is 12.3. The van der Waals surface area contributed by atoms with E-state index in [2.05, 4.69) is 0 Å². The SMILES string of the molecule is CN(C(=O)c1sccc1/C=C/C(=O)O)C1CCC1. The van der Waals surface area contributed by atoms with Gasteiger partial charge in [0.05, 0.1) is 4.88 Å². The highest BCUT2D eigenvalue weighted by atomic mass is 32.1. The molecule has 96 valence electrons. The Morgan fingerprint density at radius 3 is 2.78 bits per heavy atom. The van der Waals surface area contributed by atoms with Crippen LogP contribution < -0.4 is 0 Å². The van der Waals surface area contributed by atoms with Crippen LogP contribution in [0.5, 0.6) is 0 Å². The Morgan fingerprint density at radius 2 is 2.22 bits per heavy atom.